The van der Waals surface area contributed by atoms with Gasteiger partial charge in [-0.05, 0) is 0 Å². The smallest absolute Gasteiger partial charge is 0.319 e. The summed E-state index contributed by atoms with van der Waals surface area (Å²) >= 11 is 5.58. The van der Waals surface area contributed by atoms with Crippen molar-refractivity contribution in [1.29, 1.82) is 0 Å². The van der Waals surface area contributed by atoms with E-state index in [0.29, 0.717) is 17.5 Å². The van der Waals surface area contributed by atoms with Gasteiger partial charge in [0.2, 0.25) is 5.88 Å². The van der Waals surface area contributed by atoms with Crippen LogP contribution in [0.15, 0.2) is 6.07 Å². The minimum absolute atomic E-state index is 0.269. The second-order valence-electron chi connectivity index (χ2n) is 2.02. The molecule has 0 bridgehead atoms. The summed E-state index contributed by atoms with van der Waals surface area (Å²) in [6, 6.07) is 1.93. The molecule has 1 rings (SSSR count). The van der Waals surface area contributed by atoms with E-state index in [-0.39, 0.29) is 6.01 Å². The van der Waals surface area contributed by atoms with Crippen LogP contribution in [0.3, 0.4) is 0 Å². The molecule has 0 saturated heterocycles. The number of rotatable bonds is 3. The van der Waals surface area contributed by atoms with Crippen molar-refractivity contribution in [2.24, 2.45) is 0 Å². The molecular weight excluding hydrogens is 180 g/mol. The van der Waals surface area contributed by atoms with Crippen molar-refractivity contribution < 1.29 is 9.47 Å². The number of nitrogens with zero attached hydrogens (tertiary/aromatic N) is 2. The molecule has 66 valence electrons. The zero-order chi connectivity index (χ0) is 8.97. The van der Waals surface area contributed by atoms with E-state index in [1.54, 1.807) is 6.07 Å². The number of alkyl halides is 1. The second-order valence-corrected chi connectivity index (χ2v) is 2.29. The lowest BCUT2D eigenvalue weighted by atomic mass is 10.4. The lowest BCUT2D eigenvalue weighted by molar-refractivity contribution is 0.350. The maximum atomic E-state index is 5.58. The Morgan fingerprint density at radius 2 is 2.08 bits per heavy atom. The third kappa shape index (κ3) is 1.98. The predicted molar refractivity (Wildman–Crippen MR) is 44.7 cm³/mol. The van der Waals surface area contributed by atoms with Gasteiger partial charge in [-0.25, -0.2) is 0 Å². The van der Waals surface area contributed by atoms with Gasteiger partial charge in [0.25, 0.3) is 0 Å². The highest BCUT2D eigenvalue weighted by atomic mass is 35.5. The molecule has 0 fully saturated rings. The maximum Gasteiger partial charge on any atom is 0.319 e. The number of ether oxygens (including phenoxy) is 2. The minimum atomic E-state index is 0.269. The molecule has 12 heavy (non-hydrogen) atoms. The first-order valence-corrected chi connectivity index (χ1v) is 3.85. The quantitative estimate of drug-likeness (QED) is 0.670. The van der Waals surface area contributed by atoms with Crippen LogP contribution in [0.25, 0.3) is 0 Å². The van der Waals surface area contributed by atoms with E-state index in [4.69, 9.17) is 21.1 Å². The average molecular weight is 189 g/mol. The molecule has 0 radical (unpaired) electrons. The second kappa shape index (κ2) is 4.11. The lowest BCUT2D eigenvalue weighted by Gasteiger charge is -2.03. The Balaban J connectivity index is 3.01. The zero-order valence-electron chi connectivity index (χ0n) is 6.87. The fraction of sp³-hybridized carbons (Fsp3) is 0.429. The van der Waals surface area contributed by atoms with Crippen molar-refractivity contribution in [2.45, 2.75) is 5.88 Å². The molecule has 5 heteroatoms. The van der Waals surface area contributed by atoms with Crippen LogP contribution in [0.4, 0.5) is 0 Å². The maximum absolute atomic E-state index is 5.58. The molecule has 0 atom stereocenters. The predicted octanol–water partition coefficient (Wildman–Crippen LogP) is 1.23. The summed E-state index contributed by atoms with van der Waals surface area (Å²) in [5, 5.41) is 0. The molecule has 4 nitrogen and oxygen atoms in total. The van der Waals surface area contributed by atoms with Crippen molar-refractivity contribution in [2.75, 3.05) is 14.2 Å². The summed E-state index contributed by atoms with van der Waals surface area (Å²) in [5.74, 6) is 0.771. The highest BCUT2D eigenvalue weighted by Gasteiger charge is 2.03. The molecule has 0 aromatic carbocycles. The topological polar surface area (TPSA) is 44.2 Å². The van der Waals surface area contributed by atoms with Crippen molar-refractivity contribution in [1.82, 2.24) is 9.97 Å². The van der Waals surface area contributed by atoms with E-state index in [1.165, 1.54) is 14.2 Å². The first-order valence-electron chi connectivity index (χ1n) is 3.32. The van der Waals surface area contributed by atoms with Crippen molar-refractivity contribution >= 4 is 11.6 Å². The number of hydrogen-bond donors (Lipinski definition) is 0. The van der Waals surface area contributed by atoms with E-state index in [0.717, 1.165) is 0 Å². The normalized spacial score (nSPS) is 9.58. The summed E-state index contributed by atoms with van der Waals surface area (Å²) in [6.45, 7) is 0. The number of aromatic nitrogens is 2. The van der Waals surface area contributed by atoms with Crippen LogP contribution in [0.1, 0.15) is 5.69 Å². The molecule has 0 amide bonds. The molecule has 0 N–H and O–H groups in total. The Morgan fingerprint density at radius 1 is 1.33 bits per heavy atom. The Bertz CT molecular complexity index is 212. The molecule has 1 aromatic heterocycles. The van der Waals surface area contributed by atoms with Gasteiger partial charge in [-0.1, -0.05) is 0 Å². The van der Waals surface area contributed by atoms with Gasteiger partial charge in [-0.2, -0.15) is 9.97 Å². The van der Waals surface area contributed by atoms with Gasteiger partial charge in [-0.3, -0.25) is 0 Å². The van der Waals surface area contributed by atoms with Gasteiger partial charge >= 0.3 is 6.01 Å². The summed E-state index contributed by atoms with van der Waals surface area (Å²) in [4.78, 5) is 7.88. The van der Waals surface area contributed by atoms with Gasteiger partial charge < -0.3 is 9.47 Å². The van der Waals surface area contributed by atoms with Gasteiger partial charge in [0.1, 0.15) is 0 Å². The van der Waals surface area contributed by atoms with Crippen LogP contribution in [-0.4, -0.2) is 24.2 Å². The van der Waals surface area contributed by atoms with Crippen LogP contribution in [-0.2, 0) is 5.88 Å². The van der Waals surface area contributed by atoms with Crippen LogP contribution in [0.5, 0.6) is 11.9 Å². The minimum Gasteiger partial charge on any atom is -0.481 e. The van der Waals surface area contributed by atoms with Crippen LogP contribution >= 0.6 is 11.6 Å². The molecule has 0 aliphatic carbocycles. The number of halogens is 1. The van der Waals surface area contributed by atoms with Gasteiger partial charge in [-0.15, -0.1) is 11.6 Å². The fourth-order valence-electron chi connectivity index (χ4n) is 0.714. The van der Waals surface area contributed by atoms with E-state index in [2.05, 4.69) is 9.97 Å². The van der Waals surface area contributed by atoms with Crippen LogP contribution < -0.4 is 9.47 Å². The van der Waals surface area contributed by atoms with Gasteiger partial charge in [0.15, 0.2) is 0 Å². The third-order valence-electron chi connectivity index (χ3n) is 1.26. The Kier molecular flexibility index (Phi) is 3.10. The Labute approximate surface area is 75.5 Å². The first-order chi connectivity index (χ1) is 5.80. The highest BCUT2D eigenvalue weighted by molar-refractivity contribution is 6.16. The largest absolute Gasteiger partial charge is 0.481 e. The molecule has 0 aliphatic rings. The van der Waals surface area contributed by atoms with E-state index in [1.807, 2.05) is 0 Å². The molecule has 0 aliphatic heterocycles. The van der Waals surface area contributed by atoms with Crippen LogP contribution in [0.2, 0.25) is 0 Å². The van der Waals surface area contributed by atoms with Crippen molar-refractivity contribution in [3.05, 3.63) is 11.8 Å². The van der Waals surface area contributed by atoms with Crippen LogP contribution in [0, 0.1) is 0 Å². The standard InChI is InChI=1S/C7H9ClN2O2/c1-11-6-3-5(4-8)9-7(10-6)12-2/h3H,4H2,1-2H3. The molecule has 1 heterocycles. The van der Waals surface area contributed by atoms with Gasteiger partial charge in [0, 0.05) is 6.07 Å². The van der Waals surface area contributed by atoms with Gasteiger partial charge in [0.05, 0.1) is 25.8 Å². The molecule has 1 aromatic rings. The SMILES string of the molecule is COc1cc(CCl)nc(OC)n1. The Hall–Kier alpha value is -1.03. The van der Waals surface area contributed by atoms with Crippen molar-refractivity contribution in [3.63, 3.8) is 0 Å². The Morgan fingerprint density at radius 3 is 2.58 bits per heavy atom. The molecule has 0 unspecified atom stereocenters. The average Bonchev–Trinajstić information content (AvgIpc) is 2.16. The van der Waals surface area contributed by atoms with E-state index < -0.39 is 0 Å². The van der Waals surface area contributed by atoms with Crippen molar-refractivity contribution in [3.8, 4) is 11.9 Å². The number of hydrogen-bond acceptors (Lipinski definition) is 4. The third-order valence-corrected chi connectivity index (χ3v) is 1.54. The fourth-order valence-corrected chi connectivity index (χ4v) is 0.850. The highest BCUT2D eigenvalue weighted by Crippen LogP contribution is 2.14. The summed E-state index contributed by atoms with van der Waals surface area (Å²) in [7, 11) is 3.02. The van der Waals surface area contributed by atoms with E-state index >= 15 is 0 Å². The molecule has 0 spiro atoms. The first kappa shape index (κ1) is 9.06. The lowest BCUT2D eigenvalue weighted by Crippen LogP contribution is -1.98. The zero-order valence-corrected chi connectivity index (χ0v) is 7.63. The van der Waals surface area contributed by atoms with E-state index in [9.17, 15) is 0 Å². The number of methoxy groups -OCH3 is 2. The summed E-state index contributed by atoms with van der Waals surface area (Å²) in [5.41, 5.74) is 0.681. The monoisotopic (exact) mass is 188 g/mol. The summed E-state index contributed by atoms with van der Waals surface area (Å²) < 4.78 is 9.75. The molecular formula is C7H9ClN2O2. The summed E-state index contributed by atoms with van der Waals surface area (Å²) in [6.07, 6.45) is 0. The molecule has 0 saturated carbocycles.